The summed E-state index contributed by atoms with van der Waals surface area (Å²) in [5.41, 5.74) is 4.54. The SMILES string of the molecule is C1=C[C@H](C2C=c3c(c4c(n3C3=NCN=CN3)CCC=C4)=CC2)C2SC3CCCCC3C2=C1. The van der Waals surface area contributed by atoms with Gasteiger partial charge in [0.25, 0.3) is 0 Å². The number of aliphatic imine (C=N–C) groups is 2. The van der Waals surface area contributed by atoms with Crippen LogP contribution >= 0.6 is 11.8 Å². The third-order valence-electron chi connectivity index (χ3n) is 8.23. The van der Waals surface area contributed by atoms with Crippen molar-refractivity contribution < 1.29 is 0 Å². The summed E-state index contributed by atoms with van der Waals surface area (Å²) in [4.78, 5) is 8.95. The van der Waals surface area contributed by atoms with Crippen LogP contribution in [0.2, 0.25) is 0 Å². The molecule has 6 aliphatic rings. The lowest BCUT2D eigenvalue weighted by atomic mass is 9.74. The van der Waals surface area contributed by atoms with Crippen LogP contribution in [0.4, 0.5) is 0 Å². The molecule has 5 heteroatoms. The summed E-state index contributed by atoms with van der Waals surface area (Å²) in [6, 6.07) is 0. The van der Waals surface area contributed by atoms with Gasteiger partial charge in [-0.05, 0) is 49.9 Å². The molecule has 7 rings (SSSR count). The molecular weight excluding hydrogens is 412 g/mol. The van der Waals surface area contributed by atoms with E-state index in [-0.39, 0.29) is 0 Å². The molecule has 4 unspecified atom stereocenters. The second-order valence-corrected chi connectivity index (χ2v) is 11.3. The van der Waals surface area contributed by atoms with Crippen LogP contribution in [0.15, 0.2) is 39.9 Å². The molecule has 2 aliphatic heterocycles. The Kier molecular flexibility index (Phi) is 4.60. The van der Waals surface area contributed by atoms with Crippen LogP contribution in [0.3, 0.4) is 0 Å². The number of hydrogen-bond acceptors (Lipinski definition) is 4. The first-order valence-corrected chi connectivity index (χ1v) is 13.3. The monoisotopic (exact) mass is 442 g/mol. The first-order valence-electron chi connectivity index (χ1n) is 12.3. The van der Waals surface area contributed by atoms with Gasteiger partial charge >= 0.3 is 0 Å². The number of fused-ring (bicyclic) bond motifs is 6. The van der Waals surface area contributed by atoms with Gasteiger partial charge in [-0.3, -0.25) is 9.56 Å². The Morgan fingerprint density at radius 2 is 2.16 bits per heavy atom. The zero-order valence-electron chi connectivity index (χ0n) is 18.4. The summed E-state index contributed by atoms with van der Waals surface area (Å²) < 4.78 is 2.40. The molecule has 4 aliphatic carbocycles. The highest BCUT2D eigenvalue weighted by molar-refractivity contribution is 8.01. The van der Waals surface area contributed by atoms with Crippen molar-refractivity contribution in [3.8, 4) is 0 Å². The average molecular weight is 443 g/mol. The summed E-state index contributed by atoms with van der Waals surface area (Å²) >= 11 is 2.30. The third kappa shape index (κ3) is 2.89. The van der Waals surface area contributed by atoms with Gasteiger partial charge in [0.15, 0.2) is 0 Å². The summed E-state index contributed by atoms with van der Waals surface area (Å²) in [5.74, 6) is 2.89. The van der Waals surface area contributed by atoms with E-state index in [9.17, 15) is 0 Å². The van der Waals surface area contributed by atoms with E-state index in [2.05, 4.69) is 69.2 Å². The van der Waals surface area contributed by atoms with E-state index >= 15 is 0 Å². The molecule has 4 nitrogen and oxygen atoms in total. The van der Waals surface area contributed by atoms with Crippen molar-refractivity contribution >= 4 is 42.3 Å². The Morgan fingerprint density at radius 3 is 3.09 bits per heavy atom. The molecule has 1 aromatic heterocycles. The molecule has 0 amide bonds. The van der Waals surface area contributed by atoms with Gasteiger partial charge in [0.05, 0.1) is 11.7 Å². The maximum Gasteiger partial charge on any atom is 0.210 e. The van der Waals surface area contributed by atoms with E-state index in [1.165, 1.54) is 47.5 Å². The van der Waals surface area contributed by atoms with Crippen molar-refractivity contribution in [1.29, 1.82) is 0 Å². The van der Waals surface area contributed by atoms with Gasteiger partial charge in [-0.15, -0.1) is 11.8 Å². The van der Waals surface area contributed by atoms with Gasteiger partial charge in [-0.25, -0.2) is 4.99 Å². The number of nitrogens with one attached hydrogen (secondary N) is 1. The Balaban J connectivity index is 1.31. The topological polar surface area (TPSA) is 41.7 Å². The Hall–Kier alpha value is -2.27. The van der Waals surface area contributed by atoms with E-state index < -0.39 is 0 Å². The molecule has 3 heterocycles. The Bertz CT molecular complexity index is 1230. The van der Waals surface area contributed by atoms with Crippen LogP contribution in [0, 0.1) is 17.8 Å². The largest absolute Gasteiger partial charge is 0.317 e. The van der Waals surface area contributed by atoms with Gasteiger partial charge in [0.1, 0.15) is 6.67 Å². The van der Waals surface area contributed by atoms with Crippen molar-refractivity contribution in [2.75, 3.05) is 6.67 Å². The van der Waals surface area contributed by atoms with Crippen LogP contribution in [-0.4, -0.2) is 34.0 Å². The molecule has 32 heavy (non-hydrogen) atoms. The van der Waals surface area contributed by atoms with Crippen LogP contribution < -0.4 is 15.9 Å². The third-order valence-corrected chi connectivity index (χ3v) is 10.0. The summed E-state index contributed by atoms with van der Waals surface area (Å²) in [7, 11) is 0. The highest BCUT2D eigenvalue weighted by Crippen LogP contribution is 2.54. The fourth-order valence-corrected chi connectivity index (χ4v) is 8.84. The lowest BCUT2D eigenvalue weighted by molar-refractivity contribution is 0.410. The second-order valence-electron chi connectivity index (χ2n) is 9.90. The van der Waals surface area contributed by atoms with Gasteiger partial charge in [0.2, 0.25) is 5.96 Å². The van der Waals surface area contributed by atoms with Crippen molar-refractivity contribution in [3.05, 3.63) is 51.7 Å². The first kappa shape index (κ1) is 19.2. The number of thioether (sulfide) groups is 1. The maximum atomic E-state index is 4.71. The summed E-state index contributed by atoms with van der Waals surface area (Å²) in [6.45, 7) is 0.508. The molecule has 5 atom stereocenters. The number of aromatic nitrogens is 1. The molecule has 0 radical (unpaired) electrons. The number of hydrogen-bond donors (Lipinski definition) is 1. The zero-order valence-corrected chi connectivity index (χ0v) is 19.2. The quantitative estimate of drug-likeness (QED) is 0.722. The highest BCUT2D eigenvalue weighted by atomic mass is 32.2. The van der Waals surface area contributed by atoms with Crippen molar-refractivity contribution in [3.63, 3.8) is 0 Å². The lowest BCUT2D eigenvalue weighted by Crippen LogP contribution is -2.44. The second kappa shape index (κ2) is 7.65. The lowest BCUT2D eigenvalue weighted by Gasteiger charge is -2.31. The molecule has 1 aromatic rings. The average Bonchev–Trinajstić information content (AvgIpc) is 3.40. The smallest absolute Gasteiger partial charge is 0.210 e. The van der Waals surface area contributed by atoms with E-state index in [1.807, 2.05) is 0 Å². The fraction of sp³-hybridized carbons (Fsp3) is 0.481. The maximum absolute atomic E-state index is 4.71. The molecular formula is C27H30N4S. The van der Waals surface area contributed by atoms with Gasteiger partial charge in [-0.2, -0.15) is 0 Å². The Labute approximate surface area is 193 Å². The molecule has 0 bridgehead atoms. The first-order chi connectivity index (χ1) is 15.9. The molecule has 0 aromatic carbocycles. The summed E-state index contributed by atoms with van der Waals surface area (Å²) in [6.07, 6.45) is 27.8. The molecule has 2 fully saturated rings. The van der Waals surface area contributed by atoms with Crippen molar-refractivity contribution in [2.45, 2.75) is 55.4 Å². The van der Waals surface area contributed by atoms with Gasteiger partial charge < -0.3 is 5.32 Å². The van der Waals surface area contributed by atoms with E-state index in [0.29, 0.717) is 23.8 Å². The fourth-order valence-electron chi connectivity index (χ4n) is 6.79. The number of rotatable bonds is 1. The molecule has 0 spiro atoms. The Morgan fingerprint density at radius 1 is 1.19 bits per heavy atom. The van der Waals surface area contributed by atoms with Crippen LogP contribution in [0.25, 0.3) is 18.2 Å². The standard InChI is InChI=1S/C27H30N4S/c1-3-10-23-19(6-1)20-13-12-17(14-24(20)31(23)27-29-15-28-16-30-27)18-8-5-9-22-21-7-2-4-11-25(21)32-26(18)22/h1,5-6,8-9,13-15,17-18,21,25-26H,2-4,7,10-12,16H2,(H,28,29,30)/t17?,18-,21?,25?,26?/m1/s1. The summed E-state index contributed by atoms with van der Waals surface area (Å²) in [5, 5.41) is 7.59. The van der Waals surface area contributed by atoms with Gasteiger partial charge in [-0.1, -0.05) is 60.9 Å². The van der Waals surface area contributed by atoms with Crippen LogP contribution in [-0.2, 0) is 6.42 Å². The van der Waals surface area contributed by atoms with Crippen LogP contribution in [0.1, 0.15) is 49.8 Å². The highest BCUT2D eigenvalue weighted by Gasteiger charge is 2.45. The van der Waals surface area contributed by atoms with Crippen molar-refractivity contribution in [2.24, 2.45) is 27.7 Å². The van der Waals surface area contributed by atoms with Crippen molar-refractivity contribution in [1.82, 2.24) is 9.88 Å². The molecule has 164 valence electrons. The molecule has 1 saturated carbocycles. The number of nitrogens with zero attached hydrogens (tertiary/aromatic N) is 3. The van der Waals surface area contributed by atoms with E-state index in [4.69, 9.17) is 4.99 Å². The minimum absolute atomic E-state index is 0.508. The van der Waals surface area contributed by atoms with E-state index in [1.54, 1.807) is 11.9 Å². The van der Waals surface area contributed by atoms with E-state index in [0.717, 1.165) is 36.4 Å². The van der Waals surface area contributed by atoms with Crippen LogP contribution in [0.5, 0.6) is 0 Å². The zero-order chi connectivity index (χ0) is 21.1. The predicted molar refractivity (Wildman–Crippen MR) is 135 cm³/mol. The minimum atomic E-state index is 0.508. The minimum Gasteiger partial charge on any atom is -0.317 e. The van der Waals surface area contributed by atoms with Gasteiger partial charge in [0, 0.05) is 27.0 Å². The number of allylic oxidation sites excluding steroid dienone is 4. The molecule has 1 saturated heterocycles. The predicted octanol–water partition coefficient (Wildman–Crippen LogP) is 3.61. The normalized spacial score (nSPS) is 34.2. The molecule has 1 N–H and O–H groups in total.